The summed E-state index contributed by atoms with van der Waals surface area (Å²) in [5.41, 5.74) is 0.769. The molecular weight excluding hydrogens is 491 g/mol. The van der Waals surface area contributed by atoms with Crippen LogP contribution in [0.1, 0.15) is 12.8 Å². The van der Waals surface area contributed by atoms with Crippen molar-refractivity contribution in [2.45, 2.75) is 17.7 Å². The first-order valence-electron chi connectivity index (χ1n) is 11.6. The molecule has 8 nitrogen and oxygen atoms in total. The number of aromatic nitrogens is 1. The third kappa shape index (κ3) is 4.85. The highest BCUT2D eigenvalue weighted by Gasteiger charge is 2.36. The van der Waals surface area contributed by atoms with Crippen molar-refractivity contribution in [1.29, 1.82) is 0 Å². The number of anilines is 1. The van der Waals surface area contributed by atoms with Gasteiger partial charge < -0.3 is 14.5 Å². The number of amides is 1. The molecule has 1 aromatic heterocycles. The second-order valence-electron chi connectivity index (χ2n) is 8.80. The van der Waals surface area contributed by atoms with Gasteiger partial charge in [0.05, 0.1) is 28.1 Å². The number of piperidine rings is 1. The lowest BCUT2D eigenvalue weighted by molar-refractivity contribution is -0.137. The van der Waals surface area contributed by atoms with Gasteiger partial charge >= 0.3 is 0 Å². The van der Waals surface area contributed by atoms with Crippen molar-refractivity contribution < 1.29 is 22.3 Å². The Labute approximate surface area is 208 Å². The number of nitrogens with zero attached hydrogens (tertiary/aromatic N) is 4. The first kappa shape index (κ1) is 24.0. The molecular formula is C24H27FN4O4S2. The quantitative estimate of drug-likeness (QED) is 0.516. The lowest BCUT2D eigenvalue weighted by atomic mass is 9.98. The highest BCUT2D eigenvalue weighted by Crippen LogP contribution is 2.31. The minimum absolute atomic E-state index is 0.00523. The summed E-state index contributed by atoms with van der Waals surface area (Å²) in [7, 11) is -2.15. The third-order valence-corrected chi connectivity index (χ3v) is 9.59. The summed E-state index contributed by atoms with van der Waals surface area (Å²) in [5.74, 6) is -0.0363. The molecule has 0 radical (unpaired) electrons. The zero-order valence-electron chi connectivity index (χ0n) is 19.4. The van der Waals surface area contributed by atoms with Crippen molar-refractivity contribution in [3.63, 3.8) is 0 Å². The van der Waals surface area contributed by atoms with Gasteiger partial charge in [0.1, 0.15) is 11.6 Å². The predicted molar refractivity (Wildman–Crippen MR) is 133 cm³/mol. The number of hydrogen-bond donors (Lipinski definition) is 0. The minimum atomic E-state index is -3.68. The molecule has 3 heterocycles. The van der Waals surface area contributed by atoms with Crippen molar-refractivity contribution in [3.05, 3.63) is 48.3 Å². The first-order chi connectivity index (χ1) is 16.8. The molecule has 11 heteroatoms. The monoisotopic (exact) mass is 518 g/mol. The van der Waals surface area contributed by atoms with Crippen LogP contribution in [0.5, 0.6) is 5.75 Å². The van der Waals surface area contributed by atoms with E-state index in [1.54, 1.807) is 18.2 Å². The molecule has 186 valence electrons. The average molecular weight is 519 g/mol. The number of fused-ring (bicyclic) bond motifs is 1. The van der Waals surface area contributed by atoms with Crippen molar-refractivity contribution >= 4 is 42.6 Å². The molecule has 0 aliphatic carbocycles. The van der Waals surface area contributed by atoms with Gasteiger partial charge in [-0.05, 0) is 55.3 Å². The van der Waals surface area contributed by atoms with Crippen LogP contribution < -0.4 is 9.64 Å². The van der Waals surface area contributed by atoms with Gasteiger partial charge in [0, 0.05) is 39.3 Å². The van der Waals surface area contributed by atoms with Crippen LogP contribution in [-0.4, -0.2) is 74.9 Å². The van der Waals surface area contributed by atoms with E-state index in [4.69, 9.17) is 4.74 Å². The Morgan fingerprint density at radius 1 is 1.09 bits per heavy atom. The third-order valence-electron chi connectivity index (χ3n) is 6.63. The van der Waals surface area contributed by atoms with Crippen LogP contribution in [0, 0.1) is 11.7 Å². The van der Waals surface area contributed by atoms with Gasteiger partial charge in [-0.1, -0.05) is 11.3 Å². The molecule has 2 aliphatic rings. The zero-order valence-corrected chi connectivity index (χ0v) is 21.0. The summed E-state index contributed by atoms with van der Waals surface area (Å²) in [6.07, 6.45) is 1.32. The van der Waals surface area contributed by atoms with Gasteiger partial charge in [0.25, 0.3) is 0 Å². The van der Waals surface area contributed by atoms with E-state index in [0.717, 1.165) is 15.3 Å². The fraction of sp³-hybridized carbons (Fsp3) is 0.417. The van der Waals surface area contributed by atoms with E-state index in [0.29, 0.717) is 51.3 Å². The van der Waals surface area contributed by atoms with E-state index in [1.165, 1.54) is 47.0 Å². The van der Waals surface area contributed by atoms with E-state index >= 15 is 0 Å². The molecule has 0 bridgehead atoms. The number of piperazine rings is 1. The molecule has 1 unspecified atom stereocenters. The maximum absolute atomic E-state index is 13.5. The lowest BCUT2D eigenvalue weighted by Gasteiger charge is -2.38. The van der Waals surface area contributed by atoms with E-state index in [-0.39, 0.29) is 29.1 Å². The summed E-state index contributed by atoms with van der Waals surface area (Å²) < 4.78 is 47.2. The van der Waals surface area contributed by atoms with Crippen LogP contribution >= 0.6 is 11.3 Å². The van der Waals surface area contributed by atoms with Crippen molar-refractivity contribution in [3.8, 4) is 5.75 Å². The molecule has 3 aromatic rings. The Hall–Kier alpha value is -2.76. The van der Waals surface area contributed by atoms with Crippen LogP contribution in [0.25, 0.3) is 10.2 Å². The number of sulfonamides is 1. The van der Waals surface area contributed by atoms with E-state index in [9.17, 15) is 17.6 Å². The molecule has 0 N–H and O–H groups in total. The molecule has 1 atom stereocenters. The number of rotatable bonds is 5. The second kappa shape index (κ2) is 9.71. The van der Waals surface area contributed by atoms with Gasteiger partial charge in [-0.3, -0.25) is 4.79 Å². The average Bonchev–Trinajstić information content (AvgIpc) is 3.31. The molecule has 2 aliphatic heterocycles. The Balaban J connectivity index is 1.21. The van der Waals surface area contributed by atoms with Gasteiger partial charge in [-0.15, -0.1) is 0 Å². The first-order valence-corrected chi connectivity index (χ1v) is 13.8. The SMILES string of the molecule is COc1ccc(S(=O)(=O)N2CCCC(C(=O)N3CCN(c4nc5ccc(F)cc5s4)CC3)C2)cc1. The largest absolute Gasteiger partial charge is 0.497 e. The van der Waals surface area contributed by atoms with Crippen molar-refractivity contribution in [2.75, 3.05) is 51.3 Å². The zero-order chi connectivity index (χ0) is 24.6. The lowest BCUT2D eigenvalue weighted by Crippen LogP contribution is -2.53. The Kier molecular flexibility index (Phi) is 6.65. The molecule has 1 amide bonds. The highest BCUT2D eigenvalue weighted by molar-refractivity contribution is 7.89. The number of carbonyl (C=O) groups is 1. The number of ether oxygens (including phenoxy) is 1. The van der Waals surface area contributed by atoms with Crippen LogP contribution in [0.2, 0.25) is 0 Å². The highest BCUT2D eigenvalue weighted by atomic mass is 32.2. The number of benzene rings is 2. The predicted octanol–water partition coefficient (Wildman–Crippen LogP) is 3.19. The van der Waals surface area contributed by atoms with Gasteiger partial charge in [0.2, 0.25) is 15.9 Å². The van der Waals surface area contributed by atoms with Crippen molar-refractivity contribution in [1.82, 2.24) is 14.2 Å². The number of thiazole rings is 1. The summed E-state index contributed by atoms with van der Waals surface area (Å²) >= 11 is 1.45. The Morgan fingerprint density at radius 2 is 1.83 bits per heavy atom. The molecule has 35 heavy (non-hydrogen) atoms. The smallest absolute Gasteiger partial charge is 0.243 e. The Bertz CT molecular complexity index is 1320. The van der Waals surface area contributed by atoms with Crippen LogP contribution in [0.4, 0.5) is 9.52 Å². The fourth-order valence-electron chi connectivity index (χ4n) is 4.66. The van der Waals surface area contributed by atoms with E-state index in [2.05, 4.69) is 9.88 Å². The number of hydrogen-bond acceptors (Lipinski definition) is 7. The summed E-state index contributed by atoms with van der Waals surface area (Å²) in [4.78, 5) is 22.0. The molecule has 0 saturated carbocycles. The molecule has 2 saturated heterocycles. The maximum Gasteiger partial charge on any atom is 0.243 e. The molecule has 2 fully saturated rings. The van der Waals surface area contributed by atoms with Crippen LogP contribution in [0.3, 0.4) is 0 Å². The number of halogens is 1. The number of methoxy groups -OCH3 is 1. The van der Waals surface area contributed by atoms with Crippen LogP contribution in [0.15, 0.2) is 47.4 Å². The van der Waals surface area contributed by atoms with E-state index < -0.39 is 10.0 Å². The number of carbonyl (C=O) groups excluding carboxylic acids is 1. The topological polar surface area (TPSA) is 83.0 Å². The molecule has 2 aromatic carbocycles. The fourth-order valence-corrected chi connectivity index (χ4v) is 7.22. The normalized spacial score (nSPS) is 19.8. The summed E-state index contributed by atoms with van der Waals surface area (Å²) in [6.45, 7) is 2.96. The van der Waals surface area contributed by atoms with E-state index in [1.807, 2.05) is 4.90 Å². The van der Waals surface area contributed by atoms with Crippen molar-refractivity contribution in [2.24, 2.45) is 5.92 Å². The second-order valence-corrected chi connectivity index (χ2v) is 11.7. The summed E-state index contributed by atoms with van der Waals surface area (Å²) in [5, 5.41) is 0.826. The minimum Gasteiger partial charge on any atom is -0.497 e. The van der Waals surface area contributed by atoms with Gasteiger partial charge in [0.15, 0.2) is 5.13 Å². The Morgan fingerprint density at radius 3 is 2.54 bits per heavy atom. The summed E-state index contributed by atoms with van der Waals surface area (Å²) in [6, 6.07) is 10.9. The van der Waals surface area contributed by atoms with Gasteiger partial charge in [-0.2, -0.15) is 4.31 Å². The molecule has 5 rings (SSSR count). The molecule has 0 spiro atoms. The standard InChI is InChI=1S/C24H27FN4O4S2/c1-33-19-5-7-20(8-6-19)35(31,32)29-10-2-3-17(16-29)23(30)27-11-13-28(14-12-27)24-26-21-9-4-18(25)15-22(21)34-24/h4-9,15,17H,2-3,10-14,16H2,1H3. The maximum atomic E-state index is 13.5. The van der Waals surface area contributed by atoms with Crippen LogP contribution in [-0.2, 0) is 14.8 Å². The van der Waals surface area contributed by atoms with Gasteiger partial charge in [-0.25, -0.2) is 17.8 Å².